The van der Waals surface area contributed by atoms with E-state index in [9.17, 15) is 4.79 Å². The number of amides is 1. The second kappa shape index (κ2) is 3.70. The molecular formula is C11H13NO2. The Hall–Kier alpha value is -1.51. The van der Waals surface area contributed by atoms with Crippen LogP contribution in [0, 0.1) is 5.92 Å². The average molecular weight is 191 g/mol. The van der Waals surface area contributed by atoms with Crippen molar-refractivity contribution in [1.29, 1.82) is 0 Å². The van der Waals surface area contributed by atoms with E-state index in [2.05, 4.69) is 6.58 Å². The lowest BCUT2D eigenvalue weighted by atomic mass is 10.1. The van der Waals surface area contributed by atoms with Gasteiger partial charge in [0.25, 0.3) is 0 Å². The Morgan fingerprint density at radius 2 is 2.57 bits per heavy atom. The van der Waals surface area contributed by atoms with Crippen LogP contribution in [0.15, 0.2) is 35.5 Å². The van der Waals surface area contributed by atoms with Crippen molar-refractivity contribution < 1.29 is 9.21 Å². The Morgan fingerprint density at radius 1 is 1.71 bits per heavy atom. The van der Waals surface area contributed by atoms with Crippen molar-refractivity contribution in [2.24, 2.45) is 5.92 Å². The van der Waals surface area contributed by atoms with E-state index in [0.717, 1.165) is 12.3 Å². The molecule has 0 spiro atoms. The van der Waals surface area contributed by atoms with Gasteiger partial charge in [-0.25, -0.2) is 0 Å². The molecule has 0 bridgehead atoms. The summed E-state index contributed by atoms with van der Waals surface area (Å²) in [4.78, 5) is 13.3. The van der Waals surface area contributed by atoms with Crippen molar-refractivity contribution in [1.82, 2.24) is 4.90 Å². The summed E-state index contributed by atoms with van der Waals surface area (Å²) < 4.78 is 5.19. The van der Waals surface area contributed by atoms with Gasteiger partial charge in [0, 0.05) is 18.9 Å². The van der Waals surface area contributed by atoms with Gasteiger partial charge in [-0.05, 0) is 12.1 Å². The Morgan fingerprint density at radius 3 is 3.14 bits per heavy atom. The van der Waals surface area contributed by atoms with Crippen molar-refractivity contribution in [2.75, 3.05) is 6.54 Å². The minimum Gasteiger partial charge on any atom is -0.467 e. The zero-order chi connectivity index (χ0) is 9.97. The highest BCUT2D eigenvalue weighted by molar-refractivity contribution is 5.78. The van der Waals surface area contributed by atoms with Gasteiger partial charge in [-0.15, -0.1) is 6.58 Å². The van der Waals surface area contributed by atoms with Gasteiger partial charge in [-0.1, -0.05) is 6.08 Å². The topological polar surface area (TPSA) is 33.5 Å². The first kappa shape index (κ1) is 9.06. The summed E-state index contributed by atoms with van der Waals surface area (Å²) in [6, 6.07) is 3.72. The van der Waals surface area contributed by atoms with Crippen molar-refractivity contribution >= 4 is 5.91 Å². The van der Waals surface area contributed by atoms with E-state index in [0.29, 0.717) is 18.9 Å². The molecule has 1 saturated heterocycles. The van der Waals surface area contributed by atoms with Gasteiger partial charge in [0.05, 0.1) is 12.8 Å². The minimum absolute atomic E-state index is 0.186. The molecule has 3 heteroatoms. The molecule has 14 heavy (non-hydrogen) atoms. The molecule has 0 saturated carbocycles. The average Bonchev–Trinajstić information content (AvgIpc) is 2.78. The standard InChI is InChI=1S/C11H13NO2/c1-2-9-6-11(13)12(7-9)8-10-4-3-5-14-10/h2-5,9H,1,6-8H2. The molecule has 0 N–H and O–H groups in total. The van der Waals surface area contributed by atoms with Crippen molar-refractivity contribution in [3.05, 3.63) is 36.8 Å². The largest absolute Gasteiger partial charge is 0.467 e. The van der Waals surface area contributed by atoms with Crippen LogP contribution in [0.2, 0.25) is 0 Å². The summed E-state index contributed by atoms with van der Waals surface area (Å²) in [5.41, 5.74) is 0. The Bertz CT molecular complexity index is 329. The van der Waals surface area contributed by atoms with Crippen molar-refractivity contribution in [3.8, 4) is 0 Å². The van der Waals surface area contributed by atoms with E-state index in [-0.39, 0.29) is 5.91 Å². The first-order valence-corrected chi connectivity index (χ1v) is 4.72. The van der Waals surface area contributed by atoms with Crippen LogP contribution in [0.4, 0.5) is 0 Å². The van der Waals surface area contributed by atoms with E-state index in [1.807, 2.05) is 23.1 Å². The van der Waals surface area contributed by atoms with Gasteiger partial charge < -0.3 is 9.32 Å². The summed E-state index contributed by atoms with van der Waals surface area (Å²) in [5, 5.41) is 0. The minimum atomic E-state index is 0.186. The lowest BCUT2D eigenvalue weighted by Gasteiger charge is -2.13. The molecule has 1 unspecified atom stereocenters. The number of rotatable bonds is 3. The molecule has 0 aromatic carbocycles. The van der Waals surface area contributed by atoms with Crippen molar-refractivity contribution in [2.45, 2.75) is 13.0 Å². The lowest BCUT2D eigenvalue weighted by Crippen LogP contribution is -2.24. The molecule has 1 aromatic heterocycles. The summed E-state index contributed by atoms with van der Waals surface area (Å²) in [6.07, 6.45) is 4.06. The fraction of sp³-hybridized carbons (Fsp3) is 0.364. The first-order chi connectivity index (χ1) is 6.79. The van der Waals surface area contributed by atoms with Gasteiger partial charge in [0.2, 0.25) is 5.91 Å². The van der Waals surface area contributed by atoms with Gasteiger partial charge in [-0.2, -0.15) is 0 Å². The van der Waals surface area contributed by atoms with E-state index in [4.69, 9.17) is 4.42 Å². The molecule has 1 atom stereocenters. The molecule has 74 valence electrons. The number of hydrogen-bond acceptors (Lipinski definition) is 2. The maximum atomic E-state index is 11.5. The SMILES string of the molecule is C=CC1CC(=O)N(Cc2ccco2)C1. The Kier molecular flexibility index (Phi) is 2.39. The summed E-state index contributed by atoms with van der Waals surface area (Å²) >= 11 is 0. The predicted octanol–water partition coefficient (Wildman–Crippen LogP) is 1.81. The Labute approximate surface area is 83.0 Å². The van der Waals surface area contributed by atoms with Crippen LogP contribution < -0.4 is 0 Å². The molecule has 1 fully saturated rings. The number of hydrogen-bond donors (Lipinski definition) is 0. The highest BCUT2D eigenvalue weighted by Gasteiger charge is 2.27. The van der Waals surface area contributed by atoms with Crippen LogP contribution in [-0.4, -0.2) is 17.4 Å². The Balaban J connectivity index is 1.99. The molecule has 0 aliphatic carbocycles. The monoisotopic (exact) mass is 191 g/mol. The number of carbonyl (C=O) groups excluding carboxylic acids is 1. The first-order valence-electron chi connectivity index (χ1n) is 4.72. The van der Waals surface area contributed by atoms with Crippen LogP contribution in [-0.2, 0) is 11.3 Å². The normalized spacial score (nSPS) is 21.6. The summed E-state index contributed by atoms with van der Waals surface area (Å²) in [5.74, 6) is 1.33. The smallest absolute Gasteiger partial charge is 0.223 e. The highest BCUT2D eigenvalue weighted by atomic mass is 16.3. The molecule has 1 aliphatic rings. The van der Waals surface area contributed by atoms with E-state index >= 15 is 0 Å². The maximum Gasteiger partial charge on any atom is 0.223 e. The second-order valence-corrected chi connectivity index (χ2v) is 3.55. The molecule has 1 aromatic rings. The number of carbonyl (C=O) groups is 1. The van der Waals surface area contributed by atoms with Gasteiger partial charge in [-0.3, -0.25) is 4.79 Å². The zero-order valence-electron chi connectivity index (χ0n) is 7.98. The number of nitrogens with zero attached hydrogens (tertiary/aromatic N) is 1. The molecule has 3 nitrogen and oxygen atoms in total. The van der Waals surface area contributed by atoms with E-state index in [1.165, 1.54) is 0 Å². The second-order valence-electron chi connectivity index (χ2n) is 3.55. The maximum absolute atomic E-state index is 11.5. The van der Waals surface area contributed by atoms with Crippen LogP contribution in [0.5, 0.6) is 0 Å². The predicted molar refractivity (Wildman–Crippen MR) is 52.4 cm³/mol. The number of likely N-dealkylation sites (tertiary alicyclic amines) is 1. The van der Waals surface area contributed by atoms with Gasteiger partial charge >= 0.3 is 0 Å². The fourth-order valence-corrected chi connectivity index (χ4v) is 1.70. The third-order valence-electron chi connectivity index (χ3n) is 2.50. The van der Waals surface area contributed by atoms with Crippen molar-refractivity contribution in [3.63, 3.8) is 0 Å². The third-order valence-corrected chi connectivity index (χ3v) is 2.50. The van der Waals surface area contributed by atoms with Crippen LogP contribution in [0.1, 0.15) is 12.2 Å². The van der Waals surface area contributed by atoms with Crippen LogP contribution in [0.3, 0.4) is 0 Å². The lowest BCUT2D eigenvalue weighted by molar-refractivity contribution is -0.128. The third kappa shape index (κ3) is 1.71. The fourth-order valence-electron chi connectivity index (χ4n) is 1.70. The molecular weight excluding hydrogens is 178 g/mol. The summed E-state index contributed by atoms with van der Waals surface area (Å²) in [6.45, 7) is 5.05. The van der Waals surface area contributed by atoms with E-state index in [1.54, 1.807) is 6.26 Å². The van der Waals surface area contributed by atoms with Gasteiger partial charge in [0.1, 0.15) is 5.76 Å². The molecule has 1 amide bonds. The van der Waals surface area contributed by atoms with Gasteiger partial charge in [0.15, 0.2) is 0 Å². The van der Waals surface area contributed by atoms with Crippen LogP contribution in [0.25, 0.3) is 0 Å². The quantitative estimate of drug-likeness (QED) is 0.683. The zero-order valence-corrected chi connectivity index (χ0v) is 7.98. The summed E-state index contributed by atoms with van der Waals surface area (Å²) in [7, 11) is 0. The highest BCUT2D eigenvalue weighted by Crippen LogP contribution is 2.20. The number of furan rings is 1. The molecule has 1 aliphatic heterocycles. The molecule has 2 rings (SSSR count). The molecule has 0 radical (unpaired) electrons. The molecule has 2 heterocycles. The van der Waals surface area contributed by atoms with Crippen LogP contribution >= 0.6 is 0 Å². The van der Waals surface area contributed by atoms with E-state index < -0.39 is 0 Å².